The predicted molar refractivity (Wildman–Crippen MR) is 126 cm³/mol. The highest BCUT2D eigenvalue weighted by Gasteiger charge is 1.97. The van der Waals surface area contributed by atoms with E-state index in [0.29, 0.717) is 0 Å². The topological polar surface area (TPSA) is 0 Å². The molecule has 3 heteroatoms. The molecule has 0 amide bonds. The van der Waals surface area contributed by atoms with Crippen molar-refractivity contribution in [1.29, 1.82) is 0 Å². The Morgan fingerprint density at radius 3 is 1.24 bits per heavy atom. The van der Waals surface area contributed by atoms with Gasteiger partial charge in [-0.15, -0.1) is 24.4 Å². The van der Waals surface area contributed by atoms with E-state index < -0.39 is 0 Å². The first-order valence-electron chi connectivity index (χ1n) is 9.30. The van der Waals surface area contributed by atoms with Gasteiger partial charge < -0.3 is 0 Å². The second-order valence-electron chi connectivity index (χ2n) is 3.98. The van der Waals surface area contributed by atoms with E-state index in [4.69, 9.17) is 0 Å². The Morgan fingerprint density at radius 1 is 0.640 bits per heavy atom. The maximum atomic E-state index is 4.27. The zero-order chi connectivity index (χ0) is 20.1. The SMILES string of the molecule is CC.CC.CC.CCC.CSc1ccc(Sc2ccc(S)cc2)cc1. The van der Waals surface area contributed by atoms with Crippen LogP contribution in [0.1, 0.15) is 61.8 Å². The van der Waals surface area contributed by atoms with Gasteiger partial charge in [0.25, 0.3) is 0 Å². The lowest BCUT2D eigenvalue weighted by Crippen LogP contribution is -1.74. The largest absolute Gasteiger partial charge is 0.143 e. The van der Waals surface area contributed by atoms with Crippen LogP contribution in [0.25, 0.3) is 0 Å². The number of hydrogen-bond donors (Lipinski definition) is 1. The van der Waals surface area contributed by atoms with Crippen molar-refractivity contribution in [3.8, 4) is 0 Å². The van der Waals surface area contributed by atoms with Gasteiger partial charge in [-0.3, -0.25) is 0 Å². The van der Waals surface area contributed by atoms with Crippen LogP contribution in [0.3, 0.4) is 0 Å². The maximum Gasteiger partial charge on any atom is 0.0123 e. The molecule has 0 heterocycles. The summed E-state index contributed by atoms with van der Waals surface area (Å²) in [6.45, 7) is 16.2. The second-order valence-corrected chi connectivity index (χ2v) is 6.52. The molecule has 2 aromatic carbocycles. The number of hydrogen-bond acceptors (Lipinski definition) is 3. The van der Waals surface area contributed by atoms with Gasteiger partial charge in [-0.05, 0) is 54.8 Å². The first kappa shape index (κ1) is 29.3. The zero-order valence-electron chi connectivity index (χ0n) is 17.6. The molecule has 0 atom stereocenters. The molecule has 0 nitrogen and oxygen atoms in total. The molecule has 0 aliphatic carbocycles. The Kier molecular flexibility index (Phi) is 27.5. The average Bonchev–Trinajstić information content (AvgIpc) is 2.70. The van der Waals surface area contributed by atoms with Gasteiger partial charge in [-0.1, -0.05) is 73.6 Å². The van der Waals surface area contributed by atoms with E-state index in [1.165, 1.54) is 21.1 Å². The van der Waals surface area contributed by atoms with Gasteiger partial charge in [-0.25, -0.2) is 0 Å². The van der Waals surface area contributed by atoms with Crippen LogP contribution in [0.15, 0.2) is 68.1 Å². The van der Waals surface area contributed by atoms with Gasteiger partial charge >= 0.3 is 0 Å². The molecule has 0 radical (unpaired) electrons. The van der Waals surface area contributed by atoms with E-state index in [1.807, 2.05) is 53.7 Å². The normalized spacial score (nSPS) is 8.08. The zero-order valence-corrected chi connectivity index (χ0v) is 20.1. The van der Waals surface area contributed by atoms with E-state index in [0.717, 1.165) is 4.90 Å². The molecule has 2 aromatic rings. The summed E-state index contributed by atoms with van der Waals surface area (Å²) in [6, 6.07) is 16.8. The van der Waals surface area contributed by atoms with E-state index in [2.05, 4.69) is 69.1 Å². The molecule has 0 N–H and O–H groups in total. The minimum absolute atomic E-state index is 1.00. The van der Waals surface area contributed by atoms with Crippen molar-refractivity contribution in [3.05, 3.63) is 48.5 Å². The van der Waals surface area contributed by atoms with Crippen LogP contribution in [0.2, 0.25) is 0 Å². The van der Waals surface area contributed by atoms with Gasteiger partial charge in [0.2, 0.25) is 0 Å². The minimum atomic E-state index is 1.00. The van der Waals surface area contributed by atoms with Crippen LogP contribution in [0.5, 0.6) is 0 Å². The molecule has 0 aromatic heterocycles. The fourth-order valence-electron chi connectivity index (χ4n) is 1.29. The van der Waals surface area contributed by atoms with Crippen LogP contribution >= 0.6 is 36.2 Å². The number of thiol groups is 1. The van der Waals surface area contributed by atoms with Crippen molar-refractivity contribution in [2.45, 2.75) is 81.4 Å². The highest BCUT2D eigenvalue weighted by Crippen LogP contribution is 2.29. The number of benzene rings is 2. The lowest BCUT2D eigenvalue weighted by Gasteiger charge is -2.02. The van der Waals surface area contributed by atoms with Gasteiger partial charge in [0.05, 0.1) is 0 Å². The fraction of sp³-hybridized carbons (Fsp3) is 0.455. The molecular weight excluding hydrogens is 360 g/mol. The third kappa shape index (κ3) is 16.7. The Hall–Kier alpha value is -0.510. The first-order chi connectivity index (χ1) is 12.2. The molecular formula is C22H38S3. The molecule has 0 saturated heterocycles. The monoisotopic (exact) mass is 398 g/mol. The van der Waals surface area contributed by atoms with Gasteiger partial charge in [0.1, 0.15) is 0 Å². The summed E-state index contributed by atoms with van der Waals surface area (Å²) in [4.78, 5) is 4.82. The molecule has 0 spiro atoms. The van der Waals surface area contributed by atoms with Crippen LogP contribution in [-0.2, 0) is 0 Å². The van der Waals surface area contributed by atoms with E-state index in [1.54, 1.807) is 23.5 Å². The Balaban J connectivity index is -0.000000464. The van der Waals surface area contributed by atoms with Crippen LogP contribution in [0, 0.1) is 0 Å². The average molecular weight is 399 g/mol. The van der Waals surface area contributed by atoms with Crippen molar-refractivity contribution < 1.29 is 0 Å². The predicted octanol–water partition coefficient (Wildman–Crippen LogP) is 9.34. The van der Waals surface area contributed by atoms with Gasteiger partial charge in [0, 0.05) is 19.6 Å². The lowest BCUT2D eigenvalue weighted by molar-refractivity contribution is 1.09. The Bertz CT molecular complexity index is 462. The lowest BCUT2D eigenvalue weighted by atomic mass is 10.4. The second kappa shape index (κ2) is 23.5. The molecule has 2 rings (SSSR count). The molecule has 0 saturated carbocycles. The van der Waals surface area contributed by atoms with Crippen molar-refractivity contribution in [1.82, 2.24) is 0 Å². The molecule has 144 valence electrons. The Morgan fingerprint density at radius 2 is 0.920 bits per heavy atom. The molecule has 0 aliphatic rings. The highest BCUT2D eigenvalue weighted by atomic mass is 32.2. The summed E-state index contributed by atoms with van der Waals surface area (Å²) in [7, 11) is 0. The molecule has 0 fully saturated rings. The molecule has 0 unspecified atom stereocenters. The van der Waals surface area contributed by atoms with Crippen molar-refractivity contribution in [2.75, 3.05) is 6.26 Å². The first-order valence-corrected chi connectivity index (χ1v) is 11.8. The standard InChI is InChI=1S/C13H12S3.C3H8.3C2H6/c1-15-11-6-8-13(9-7-11)16-12-4-2-10(14)3-5-12;1-3-2;3*1-2/h2-9,14H,1H3;3H2,1-2H3;3*1-2H3. The smallest absolute Gasteiger partial charge is 0.0123 e. The van der Waals surface area contributed by atoms with Crippen LogP contribution in [0.4, 0.5) is 0 Å². The molecule has 0 aliphatic heterocycles. The summed E-state index contributed by atoms with van der Waals surface area (Å²) in [5.74, 6) is 0. The van der Waals surface area contributed by atoms with Crippen molar-refractivity contribution in [2.24, 2.45) is 0 Å². The highest BCUT2D eigenvalue weighted by molar-refractivity contribution is 7.99. The van der Waals surface area contributed by atoms with Crippen molar-refractivity contribution in [3.63, 3.8) is 0 Å². The van der Waals surface area contributed by atoms with Crippen LogP contribution < -0.4 is 0 Å². The summed E-state index contributed by atoms with van der Waals surface area (Å²) in [6.07, 6.45) is 3.34. The summed E-state index contributed by atoms with van der Waals surface area (Å²) in [5.41, 5.74) is 0. The summed E-state index contributed by atoms with van der Waals surface area (Å²) >= 11 is 7.81. The number of thioether (sulfide) groups is 1. The minimum Gasteiger partial charge on any atom is -0.143 e. The van der Waals surface area contributed by atoms with Crippen LogP contribution in [-0.4, -0.2) is 6.26 Å². The third-order valence-corrected chi connectivity index (χ3v) is 4.19. The van der Waals surface area contributed by atoms with Gasteiger partial charge in [-0.2, -0.15) is 0 Å². The fourth-order valence-corrected chi connectivity index (χ4v) is 2.67. The van der Waals surface area contributed by atoms with E-state index in [-0.39, 0.29) is 0 Å². The number of rotatable bonds is 3. The van der Waals surface area contributed by atoms with E-state index in [9.17, 15) is 0 Å². The van der Waals surface area contributed by atoms with E-state index >= 15 is 0 Å². The molecule has 0 bridgehead atoms. The third-order valence-electron chi connectivity index (χ3n) is 2.13. The van der Waals surface area contributed by atoms with Gasteiger partial charge in [0.15, 0.2) is 0 Å². The molecule has 25 heavy (non-hydrogen) atoms. The Labute approximate surface area is 172 Å². The summed E-state index contributed by atoms with van der Waals surface area (Å²) < 4.78 is 0. The summed E-state index contributed by atoms with van der Waals surface area (Å²) in [5, 5.41) is 0. The maximum absolute atomic E-state index is 4.27. The van der Waals surface area contributed by atoms with Crippen molar-refractivity contribution >= 4 is 36.2 Å². The quantitative estimate of drug-likeness (QED) is 0.404.